The third kappa shape index (κ3) is 3.48. The molecule has 1 N–H and O–H groups in total. The minimum absolute atomic E-state index is 0.112. The Bertz CT molecular complexity index is 957. The number of nitrogens with zero attached hydrogens (tertiary/aromatic N) is 2. The molecule has 26 heavy (non-hydrogen) atoms. The molecule has 0 spiro atoms. The molecule has 7 nitrogen and oxygen atoms in total. The molecule has 0 aliphatic carbocycles. The van der Waals surface area contributed by atoms with Gasteiger partial charge in [-0.25, -0.2) is 0 Å². The van der Waals surface area contributed by atoms with E-state index in [0.717, 1.165) is 5.56 Å². The molecule has 2 heterocycles. The van der Waals surface area contributed by atoms with Gasteiger partial charge in [-0.15, -0.1) is 0 Å². The molecule has 2 aromatic carbocycles. The number of halogens is 1. The highest BCUT2D eigenvalue weighted by Crippen LogP contribution is 2.30. The highest BCUT2D eigenvalue weighted by atomic mass is 35.5. The van der Waals surface area contributed by atoms with E-state index in [1.807, 2.05) is 6.07 Å². The van der Waals surface area contributed by atoms with E-state index in [9.17, 15) is 4.79 Å². The van der Waals surface area contributed by atoms with Crippen molar-refractivity contribution in [1.29, 1.82) is 0 Å². The summed E-state index contributed by atoms with van der Waals surface area (Å²) in [7, 11) is 0. The van der Waals surface area contributed by atoms with Gasteiger partial charge in [0.25, 0.3) is 5.91 Å². The molecule has 132 valence electrons. The molecule has 0 saturated carbocycles. The minimum atomic E-state index is -0.274. The van der Waals surface area contributed by atoms with Crippen LogP contribution in [0.4, 0.5) is 0 Å². The first-order chi connectivity index (χ1) is 12.7. The van der Waals surface area contributed by atoms with E-state index >= 15 is 0 Å². The molecule has 0 atom stereocenters. The third-order valence-corrected chi connectivity index (χ3v) is 3.99. The first-order valence-electron chi connectivity index (χ1n) is 7.95. The van der Waals surface area contributed by atoms with Crippen LogP contribution < -0.4 is 14.8 Å². The van der Waals surface area contributed by atoms with Crippen LogP contribution in [-0.4, -0.2) is 29.3 Å². The zero-order valence-electron chi connectivity index (χ0n) is 13.6. The van der Waals surface area contributed by atoms with Gasteiger partial charge in [-0.1, -0.05) is 28.9 Å². The lowest BCUT2D eigenvalue weighted by Gasteiger charge is -2.18. The fraction of sp³-hybridized carbons (Fsp3) is 0.167. The highest BCUT2D eigenvalue weighted by Gasteiger charge is 2.16. The lowest BCUT2D eigenvalue weighted by Crippen LogP contribution is -2.23. The van der Waals surface area contributed by atoms with Gasteiger partial charge in [0.2, 0.25) is 11.7 Å². The number of hydrogen-bond donors (Lipinski definition) is 1. The molecule has 1 aliphatic heterocycles. The summed E-state index contributed by atoms with van der Waals surface area (Å²) in [4.78, 5) is 16.6. The monoisotopic (exact) mass is 371 g/mol. The summed E-state index contributed by atoms with van der Waals surface area (Å²) in [5.41, 5.74) is 1.20. The van der Waals surface area contributed by atoms with Gasteiger partial charge in [0, 0.05) is 16.1 Å². The molecular weight excluding hydrogens is 358 g/mol. The first-order valence-corrected chi connectivity index (χ1v) is 8.33. The van der Waals surface area contributed by atoms with E-state index in [0.29, 0.717) is 47.0 Å². The number of amides is 1. The molecule has 0 radical (unpaired) electrons. The summed E-state index contributed by atoms with van der Waals surface area (Å²) in [5, 5.41) is 7.23. The van der Waals surface area contributed by atoms with E-state index in [2.05, 4.69) is 15.5 Å². The Hall–Kier alpha value is -3.06. The van der Waals surface area contributed by atoms with E-state index in [-0.39, 0.29) is 12.5 Å². The smallest absolute Gasteiger partial charge is 0.251 e. The van der Waals surface area contributed by atoms with Crippen molar-refractivity contribution in [3.8, 4) is 22.9 Å². The molecular formula is C18H14ClN3O4. The zero-order valence-corrected chi connectivity index (χ0v) is 14.3. The van der Waals surface area contributed by atoms with Gasteiger partial charge in [-0.2, -0.15) is 4.98 Å². The van der Waals surface area contributed by atoms with Crippen molar-refractivity contribution in [3.63, 3.8) is 0 Å². The second-order valence-corrected chi connectivity index (χ2v) is 6.00. The standard InChI is InChI=1S/C18H14ClN3O4/c19-13-3-1-2-11(8-13)17-21-16(26-22-17)10-20-18(23)12-4-5-14-15(9-12)25-7-6-24-14/h1-5,8-9H,6-7,10H2,(H,20,23). The fourth-order valence-electron chi connectivity index (χ4n) is 2.51. The summed E-state index contributed by atoms with van der Waals surface area (Å²) in [6.45, 7) is 1.08. The summed E-state index contributed by atoms with van der Waals surface area (Å²) < 4.78 is 16.1. The molecule has 1 aliphatic rings. The van der Waals surface area contributed by atoms with Gasteiger partial charge in [0.15, 0.2) is 11.5 Å². The van der Waals surface area contributed by atoms with Crippen LogP contribution in [0.3, 0.4) is 0 Å². The van der Waals surface area contributed by atoms with Crippen molar-refractivity contribution in [2.75, 3.05) is 13.2 Å². The quantitative estimate of drug-likeness (QED) is 0.758. The van der Waals surface area contributed by atoms with E-state index in [1.54, 1.807) is 36.4 Å². The average molecular weight is 372 g/mol. The van der Waals surface area contributed by atoms with Crippen LogP contribution in [0.25, 0.3) is 11.4 Å². The minimum Gasteiger partial charge on any atom is -0.486 e. The van der Waals surface area contributed by atoms with Crippen LogP contribution in [0, 0.1) is 0 Å². The SMILES string of the molecule is O=C(NCc1nc(-c2cccc(Cl)c2)no1)c1ccc2c(c1)OCCO2. The maximum Gasteiger partial charge on any atom is 0.251 e. The Morgan fingerprint density at radius 1 is 1.12 bits per heavy atom. The Balaban J connectivity index is 1.42. The average Bonchev–Trinajstić information content (AvgIpc) is 3.15. The van der Waals surface area contributed by atoms with Crippen molar-refractivity contribution in [2.45, 2.75) is 6.54 Å². The molecule has 1 amide bonds. The van der Waals surface area contributed by atoms with Gasteiger partial charge in [0.1, 0.15) is 13.2 Å². The fourth-order valence-corrected chi connectivity index (χ4v) is 2.70. The van der Waals surface area contributed by atoms with Crippen molar-refractivity contribution in [1.82, 2.24) is 15.5 Å². The Kier molecular flexibility index (Phi) is 4.45. The molecule has 3 aromatic rings. The van der Waals surface area contributed by atoms with Gasteiger partial charge in [0.05, 0.1) is 6.54 Å². The Morgan fingerprint density at radius 3 is 2.81 bits per heavy atom. The van der Waals surface area contributed by atoms with Crippen molar-refractivity contribution in [3.05, 3.63) is 58.9 Å². The van der Waals surface area contributed by atoms with Gasteiger partial charge >= 0.3 is 0 Å². The molecule has 0 unspecified atom stereocenters. The summed E-state index contributed by atoms with van der Waals surface area (Å²) in [6, 6.07) is 12.2. The topological polar surface area (TPSA) is 86.5 Å². The van der Waals surface area contributed by atoms with E-state index in [1.165, 1.54) is 0 Å². The largest absolute Gasteiger partial charge is 0.486 e. The van der Waals surface area contributed by atoms with Crippen molar-refractivity contribution in [2.24, 2.45) is 0 Å². The Labute approximate surface area is 153 Å². The third-order valence-electron chi connectivity index (χ3n) is 3.76. The Morgan fingerprint density at radius 2 is 1.96 bits per heavy atom. The summed E-state index contributed by atoms with van der Waals surface area (Å²) in [5.74, 6) is 1.63. The number of ether oxygens (including phenoxy) is 2. The number of nitrogens with one attached hydrogen (secondary N) is 1. The lowest BCUT2D eigenvalue weighted by molar-refractivity contribution is 0.0945. The maximum atomic E-state index is 12.3. The second-order valence-electron chi connectivity index (χ2n) is 5.56. The van der Waals surface area contributed by atoms with Gasteiger partial charge in [-0.05, 0) is 30.3 Å². The van der Waals surface area contributed by atoms with Crippen LogP contribution in [-0.2, 0) is 6.54 Å². The predicted octanol–water partition coefficient (Wildman–Crippen LogP) is 3.09. The number of aromatic nitrogens is 2. The first kappa shape index (κ1) is 16.4. The van der Waals surface area contributed by atoms with Crippen molar-refractivity contribution < 1.29 is 18.8 Å². The summed E-state index contributed by atoms with van der Waals surface area (Å²) >= 11 is 5.96. The number of benzene rings is 2. The van der Waals surface area contributed by atoms with Crippen LogP contribution in [0.5, 0.6) is 11.5 Å². The number of fused-ring (bicyclic) bond motifs is 1. The van der Waals surface area contributed by atoms with Gasteiger partial charge < -0.3 is 19.3 Å². The number of rotatable bonds is 4. The number of carbonyl (C=O) groups excluding carboxylic acids is 1. The summed E-state index contributed by atoms with van der Waals surface area (Å²) in [6.07, 6.45) is 0. The molecule has 0 saturated heterocycles. The van der Waals surface area contributed by atoms with E-state index in [4.69, 9.17) is 25.6 Å². The second kappa shape index (κ2) is 7.05. The molecule has 8 heteroatoms. The van der Waals surface area contributed by atoms with E-state index < -0.39 is 0 Å². The number of hydrogen-bond acceptors (Lipinski definition) is 6. The van der Waals surface area contributed by atoms with Crippen LogP contribution in [0.15, 0.2) is 47.0 Å². The highest BCUT2D eigenvalue weighted by molar-refractivity contribution is 6.30. The molecule has 0 bridgehead atoms. The number of carbonyl (C=O) groups is 1. The van der Waals surface area contributed by atoms with Gasteiger partial charge in [-0.3, -0.25) is 4.79 Å². The van der Waals surface area contributed by atoms with Crippen LogP contribution in [0.1, 0.15) is 16.2 Å². The van der Waals surface area contributed by atoms with Crippen molar-refractivity contribution >= 4 is 17.5 Å². The molecule has 1 aromatic heterocycles. The normalized spacial score (nSPS) is 12.7. The maximum absolute atomic E-state index is 12.3. The van der Waals surface area contributed by atoms with Crippen LogP contribution >= 0.6 is 11.6 Å². The molecule has 4 rings (SSSR count). The molecule has 0 fully saturated rings. The predicted molar refractivity (Wildman–Crippen MR) is 93.3 cm³/mol. The van der Waals surface area contributed by atoms with Crippen LogP contribution in [0.2, 0.25) is 5.02 Å². The zero-order chi connectivity index (χ0) is 17.9. The lowest BCUT2D eigenvalue weighted by atomic mass is 10.2.